The number of benzene rings is 1. The predicted octanol–water partition coefficient (Wildman–Crippen LogP) is -2.22. The molecule has 10 heteroatoms. The summed E-state index contributed by atoms with van der Waals surface area (Å²) in [7, 11) is 0. The molecule has 1 rings (SSSR count). The molecule has 1 aromatic carbocycles. The van der Waals surface area contributed by atoms with E-state index in [1.807, 2.05) is 5.92 Å². The second kappa shape index (κ2) is 18.4. The normalized spacial score (nSPS) is 10.9. The van der Waals surface area contributed by atoms with E-state index in [0.29, 0.717) is 5.56 Å². The van der Waals surface area contributed by atoms with Gasteiger partial charge in [0.15, 0.2) is 5.78 Å². The first-order valence-corrected chi connectivity index (χ1v) is 8.61. The second-order valence-electron chi connectivity index (χ2n) is 5.91. The van der Waals surface area contributed by atoms with Gasteiger partial charge < -0.3 is 19.7 Å². The minimum absolute atomic E-state index is 0. The Morgan fingerprint density at radius 2 is 1.87 bits per heavy atom. The van der Waals surface area contributed by atoms with Crippen molar-refractivity contribution in [1.82, 2.24) is 0 Å². The number of hydrogen-bond donors (Lipinski definition) is 1. The number of aliphatic hydroxyl groups is 1. The average Bonchev–Trinajstić information content (AvgIpc) is 2.70. The van der Waals surface area contributed by atoms with Crippen LogP contribution in [-0.2, 0) is 25.7 Å². The number of nitrogens with zero attached hydrogens (tertiary/aromatic N) is 1. The number of carbonyl (C=O) groups excluding carboxylic acids is 2. The molecule has 0 amide bonds. The molecule has 0 saturated heterocycles. The maximum atomic E-state index is 11.7. The molecule has 0 fully saturated rings. The van der Waals surface area contributed by atoms with E-state index in [9.17, 15) is 24.8 Å². The number of esters is 1. The van der Waals surface area contributed by atoms with Crippen LogP contribution in [0.15, 0.2) is 36.4 Å². The van der Waals surface area contributed by atoms with Gasteiger partial charge in [0.05, 0.1) is 23.7 Å². The Balaban J connectivity index is 0. The van der Waals surface area contributed by atoms with Crippen molar-refractivity contribution < 1.29 is 85.6 Å². The van der Waals surface area contributed by atoms with Crippen molar-refractivity contribution in [2.24, 2.45) is 5.92 Å². The molecule has 1 N–H and O–H groups in total. The first kappa shape index (κ1) is 30.8. The van der Waals surface area contributed by atoms with E-state index in [-0.39, 0.29) is 88.6 Å². The molecule has 0 aromatic heterocycles. The van der Waals surface area contributed by atoms with Gasteiger partial charge in [-0.25, -0.2) is 4.79 Å². The smallest absolute Gasteiger partial charge is 0.848 e. The quantitative estimate of drug-likeness (QED) is 0.107. The van der Waals surface area contributed by atoms with E-state index in [1.54, 1.807) is 19.9 Å². The van der Waals surface area contributed by atoms with Crippen LogP contribution >= 0.6 is 0 Å². The topological polar surface area (TPSA) is 139 Å². The van der Waals surface area contributed by atoms with Crippen LogP contribution in [0.1, 0.15) is 19.4 Å². The average molecular weight is 446 g/mol. The molecule has 158 valence electrons. The van der Waals surface area contributed by atoms with Crippen molar-refractivity contribution in [3.05, 3.63) is 52.1 Å². The largest absolute Gasteiger partial charge is 1.00 e. The Hall–Kier alpha value is -1.42. The number of nitro groups is 1. The Bertz CT molecular complexity index is 743. The third-order valence-corrected chi connectivity index (χ3v) is 3.21. The molecule has 1 aromatic rings. The number of ketones is 1. The van der Waals surface area contributed by atoms with Crippen LogP contribution in [0.5, 0.6) is 0 Å². The zero-order chi connectivity index (χ0) is 22.2. The van der Waals surface area contributed by atoms with Gasteiger partial charge in [-0.15, -0.1) is 6.42 Å². The van der Waals surface area contributed by atoms with Crippen LogP contribution < -0.4 is 56.5 Å². The SMILES string of the molecule is C#CCO.CC(C)C(=O)/C=C\C(=O)OCC([O-])COCc1ccccc1[N+](=O)[O-].[K+]. The zero-order valence-electron chi connectivity index (χ0n) is 17.3. The summed E-state index contributed by atoms with van der Waals surface area (Å²) in [6, 6.07) is 6.05. The number of hydrogen-bond acceptors (Lipinski definition) is 8. The van der Waals surface area contributed by atoms with Crippen LogP contribution in [0.4, 0.5) is 5.69 Å². The Labute approximate surface area is 218 Å². The van der Waals surface area contributed by atoms with Crippen LogP contribution in [0.2, 0.25) is 0 Å². The molecule has 30 heavy (non-hydrogen) atoms. The first-order chi connectivity index (χ1) is 13.7. The fraction of sp³-hybridized carbons (Fsp3) is 0.400. The summed E-state index contributed by atoms with van der Waals surface area (Å²) < 4.78 is 9.87. The van der Waals surface area contributed by atoms with Gasteiger partial charge in [0, 0.05) is 24.7 Å². The van der Waals surface area contributed by atoms with Crippen LogP contribution in [0.25, 0.3) is 0 Å². The molecule has 0 aliphatic heterocycles. The fourth-order valence-electron chi connectivity index (χ4n) is 1.73. The molecule has 0 aliphatic rings. The van der Waals surface area contributed by atoms with E-state index >= 15 is 0 Å². The number of terminal acetylenes is 1. The van der Waals surface area contributed by atoms with Gasteiger partial charge in [0.2, 0.25) is 0 Å². The summed E-state index contributed by atoms with van der Waals surface area (Å²) in [4.78, 5) is 33.0. The molecular formula is C20H24KNO8. The zero-order valence-corrected chi connectivity index (χ0v) is 20.4. The minimum Gasteiger partial charge on any atom is -0.848 e. The van der Waals surface area contributed by atoms with E-state index in [4.69, 9.17) is 14.6 Å². The molecule has 1 atom stereocenters. The standard InChI is InChI=1S/C17H20NO7.C3H4O.K/c1-12(2)16(20)7-8-17(21)25-11-14(19)10-24-9-13-5-3-4-6-15(13)18(22)23;1-2-3-4;/h3-8,12,14H,9-11H2,1-2H3;1,4H,3H2;/q-1;;+1/b8-7-;;. The van der Waals surface area contributed by atoms with Gasteiger partial charge in [-0.05, 0) is 12.1 Å². The van der Waals surface area contributed by atoms with Crippen molar-refractivity contribution >= 4 is 17.4 Å². The Morgan fingerprint density at radius 3 is 2.40 bits per heavy atom. The van der Waals surface area contributed by atoms with Crippen molar-refractivity contribution in [1.29, 1.82) is 0 Å². The number of rotatable bonds is 10. The number of allylic oxidation sites excluding steroid dienone is 1. The molecule has 0 heterocycles. The van der Waals surface area contributed by atoms with Crippen molar-refractivity contribution in [2.75, 3.05) is 19.8 Å². The van der Waals surface area contributed by atoms with E-state index in [2.05, 4.69) is 6.42 Å². The third-order valence-electron chi connectivity index (χ3n) is 3.21. The molecule has 0 radical (unpaired) electrons. The molecular weight excluding hydrogens is 421 g/mol. The summed E-state index contributed by atoms with van der Waals surface area (Å²) in [6.07, 6.45) is 5.28. The third kappa shape index (κ3) is 14.5. The van der Waals surface area contributed by atoms with Gasteiger partial charge in [0.25, 0.3) is 5.69 Å². The van der Waals surface area contributed by atoms with Gasteiger partial charge >= 0.3 is 57.4 Å². The van der Waals surface area contributed by atoms with E-state index in [1.165, 1.54) is 18.2 Å². The van der Waals surface area contributed by atoms with Crippen molar-refractivity contribution in [3.63, 3.8) is 0 Å². The monoisotopic (exact) mass is 445 g/mol. The predicted molar refractivity (Wildman–Crippen MR) is 102 cm³/mol. The second-order valence-corrected chi connectivity index (χ2v) is 5.91. The summed E-state index contributed by atoms with van der Waals surface area (Å²) in [5.41, 5.74) is 0.267. The van der Waals surface area contributed by atoms with Gasteiger partial charge in [0.1, 0.15) is 6.61 Å². The molecule has 0 aliphatic carbocycles. The number of nitro benzene ring substituents is 1. The summed E-state index contributed by atoms with van der Waals surface area (Å²) >= 11 is 0. The summed E-state index contributed by atoms with van der Waals surface area (Å²) in [6.45, 7) is 2.46. The number of para-hydroxylation sites is 1. The van der Waals surface area contributed by atoms with Gasteiger partial charge in [-0.1, -0.05) is 38.0 Å². The van der Waals surface area contributed by atoms with E-state index < -0.39 is 23.6 Å². The van der Waals surface area contributed by atoms with Crippen LogP contribution in [0, 0.1) is 28.4 Å². The number of ether oxygens (including phenoxy) is 2. The van der Waals surface area contributed by atoms with Crippen LogP contribution in [-0.4, -0.2) is 47.7 Å². The molecule has 9 nitrogen and oxygen atoms in total. The maximum Gasteiger partial charge on any atom is 1.00 e. The molecule has 1 unspecified atom stereocenters. The Morgan fingerprint density at radius 1 is 1.27 bits per heavy atom. The van der Waals surface area contributed by atoms with Crippen LogP contribution in [0.3, 0.4) is 0 Å². The van der Waals surface area contributed by atoms with Gasteiger partial charge in [-0.3, -0.25) is 14.9 Å². The first-order valence-electron chi connectivity index (χ1n) is 8.61. The fourth-order valence-corrected chi connectivity index (χ4v) is 1.73. The van der Waals surface area contributed by atoms with Crippen molar-refractivity contribution in [2.45, 2.75) is 26.6 Å². The number of aliphatic hydroxyl groups excluding tert-OH is 1. The molecule has 0 saturated carbocycles. The minimum atomic E-state index is -1.33. The molecule has 0 spiro atoms. The van der Waals surface area contributed by atoms with Crippen molar-refractivity contribution in [3.8, 4) is 12.3 Å². The molecule has 0 bridgehead atoms. The Kier molecular flexibility index (Phi) is 18.8. The number of carbonyl (C=O) groups is 2. The summed E-state index contributed by atoms with van der Waals surface area (Å²) in [5, 5.41) is 30.1. The van der Waals surface area contributed by atoms with E-state index in [0.717, 1.165) is 12.2 Å². The maximum absolute atomic E-state index is 11.7. The van der Waals surface area contributed by atoms with Gasteiger partial charge in [-0.2, -0.15) is 0 Å². The summed E-state index contributed by atoms with van der Waals surface area (Å²) in [5.74, 6) is 0.753.